The predicted octanol–water partition coefficient (Wildman–Crippen LogP) is 1.73. The number of morpholine rings is 1. The zero-order valence-corrected chi connectivity index (χ0v) is 12.9. The van der Waals surface area contributed by atoms with Crippen molar-refractivity contribution in [1.82, 2.24) is 0 Å². The highest BCUT2D eigenvalue weighted by Gasteiger charge is 2.41. The number of fused-ring (bicyclic) bond motifs is 2. The number of likely N-dealkylation sites (N-methyl/N-ethyl adjacent to an activating group) is 1. The van der Waals surface area contributed by atoms with Gasteiger partial charge in [-0.15, -0.1) is 0 Å². The van der Waals surface area contributed by atoms with Crippen molar-refractivity contribution in [3.63, 3.8) is 0 Å². The first-order valence-corrected chi connectivity index (χ1v) is 8.32. The van der Waals surface area contributed by atoms with E-state index < -0.39 is 0 Å². The summed E-state index contributed by atoms with van der Waals surface area (Å²) in [4.78, 5) is 0. The molecule has 0 aromatic heterocycles. The maximum Gasteiger partial charge on any atom is 0.102 e. The second-order valence-corrected chi connectivity index (χ2v) is 8.01. The van der Waals surface area contributed by atoms with E-state index in [1.54, 1.807) is 6.42 Å². The minimum absolute atomic E-state index is 0.965. The van der Waals surface area contributed by atoms with Crippen LogP contribution >= 0.6 is 0 Å². The van der Waals surface area contributed by atoms with Crippen LogP contribution in [0.1, 0.15) is 25.7 Å². The molecule has 1 aliphatic carbocycles. The Labute approximate surface area is 118 Å². The smallest absolute Gasteiger partial charge is 0.102 e. The van der Waals surface area contributed by atoms with Crippen LogP contribution < -0.4 is 0 Å². The molecule has 2 heterocycles. The molecule has 1 saturated carbocycles. The van der Waals surface area contributed by atoms with Crippen LogP contribution in [0.15, 0.2) is 0 Å². The number of likely N-dealkylation sites (tertiary alicyclic amines) is 1. The molecule has 2 aliphatic heterocycles. The summed E-state index contributed by atoms with van der Waals surface area (Å²) in [5.41, 5.74) is 0. The van der Waals surface area contributed by atoms with Gasteiger partial charge in [0.05, 0.1) is 53.5 Å². The lowest BCUT2D eigenvalue weighted by atomic mass is 9.96. The number of nitrogens with zero attached hydrogens (tertiary/aromatic N) is 2. The van der Waals surface area contributed by atoms with Crippen molar-refractivity contribution in [2.24, 2.45) is 11.8 Å². The fourth-order valence-corrected chi connectivity index (χ4v) is 4.86. The molecule has 0 radical (unpaired) electrons. The van der Waals surface area contributed by atoms with E-state index in [1.807, 2.05) is 0 Å². The summed E-state index contributed by atoms with van der Waals surface area (Å²) >= 11 is 0. The maximum atomic E-state index is 5.50. The second-order valence-electron chi connectivity index (χ2n) is 8.01. The topological polar surface area (TPSA) is 9.23 Å². The Balaban J connectivity index is 1.46. The van der Waals surface area contributed by atoms with Gasteiger partial charge in [0.25, 0.3) is 0 Å². The lowest BCUT2D eigenvalue weighted by molar-refractivity contribution is -0.936. The number of hydrogen-bond acceptors (Lipinski definition) is 1. The van der Waals surface area contributed by atoms with Gasteiger partial charge >= 0.3 is 0 Å². The maximum absolute atomic E-state index is 5.50. The number of quaternary nitrogens is 2. The summed E-state index contributed by atoms with van der Waals surface area (Å²) in [5.74, 6) is 2.11. The molecule has 19 heavy (non-hydrogen) atoms. The zero-order valence-electron chi connectivity index (χ0n) is 12.9. The van der Waals surface area contributed by atoms with Gasteiger partial charge in [0.15, 0.2) is 0 Å². The molecule has 2 saturated heterocycles. The highest BCUT2D eigenvalue weighted by molar-refractivity contribution is 4.79. The van der Waals surface area contributed by atoms with Crippen molar-refractivity contribution in [2.75, 3.05) is 66.6 Å². The number of ether oxygens (including phenoxy) is 1. The minimum Gasteiger partial charge on any atom is -0.370 e. The molecule has 0 amide bonds. The van der Waals surface area contributed by atoms with Crippen LogP contribution in [0.5, 0.6) is 0 Å². The van der Waals surface area contributed by atoms with Gasteiger partial charge in [0.1, 0.15) is 13.1 Å². The molecule has 3 nitrogen and oxygen atoms in total. The molecule has 110 valence electrons. The Hall–Kier alpha value is -0.120. The molecule has 0 N–H and O–H groups in total. The van der Waals surface area contributed by atoms with Gasteiger partial charge < -0.3 is 13.7 Å². The Morgan fingerprint density at radius 2 is 1.47 bits per heavy atom. The first-order chi connectivity index (χ1) is 9.07. The average Bonchev–Trinajstić information content (AvgIpc) is 2.70. The van der Waals surface area contributed by atoms with E-state index in [-0.39, 0.29) is 0 Å². The molecular weight excluding hydrogens is 236 g/mol. The van der Waals surface area contributed by atoms with Gasteiger partial charge in [-0.2, -0.15) is 0 Å². The normalized spacial score (nSPS) is 41.4. The van der Waals surface area contributed by atoms with Crippen LogP contribution in [-0.2, 0) is 4.74 Å². The van der Waals surface area contributed by atoms with E-state index in [0.29, 0.717) is 0 Å². The zero-order chi connectivity index (χ0) is 13.3. The number of piperidine rings is 1. The molecule has 3 heteroatoms. The van der Waals surface area contributed by atoms with Crippen LogP contribution in [0.25, 0.3) is 0 Å². The Kier molecular flexibility index (Phi) is 3.89. The van der Waals surface area contributed by atoms with Gasteiger partial charge in [-0.1, -0.05) is 0 Å². The summed E-state index contributed by atoms with van der Waals surface area (Å²) in [7, 11) is 4.94. The van der Waals surface area contributed by atoms with E-state index in [0.717, 1.165) is 25.0 Å². The highest BCUT2D eigenvalue weighted by Crippen LogP contribution is 2.39. The third kappa shape index (κ3) is 3.32. The molecular formula is C16H32N2O+2. The van der Waals surface area contributed by atoms with Crippen LogP contribution in [0.3, 0.4) is 0 Å². The van der Waals surface area contributed by atoms with E-state index in [4.69, 9.17) is 4.74 Å². The first kappa shape index (κ1) is 13.8. The molecule has 3 atom stereocenters. The molecule has 3 fully saturated rings. The van der Waals surface area contributed by atoms with Crippen LogP contribution in [0.2, 0.25) is 0 Å². The van der Waals surface area contributed by atoms with Crippen molar-refractivity contribution < 1.29 is 13.7 Å². The summed E-state index contributed by atoms with van der Waals surface area (Å²) in [6, 6.07) is 0. The minimum atomic E-state index is 0.965. The first-order valence-electron chi connectivity index (χ1n) is 8.32. The van der Waals surface area contributed by atoms with Gasteiger partial charge in [-0.3, -0.25) is 0 Å². The second kappa shape index (κ2) is 5.34. The van der Waals surface area contributed by atoms with E-state index in [9.17, 15) is 0 Å². The van der Waals surface area contributed by atoms with E-state index in [1.165, 1.54) is 67.5 Å². The van der Waals surface area contributed by atoms with Crippen LogP contribution in [0.4, 0.5) is 0 Å². The van der Waals surface area contributed by atoms with Crippen molar-refractivity contribution in [3.05, 3.63) is 0 Å². The van der Waals surface area contributed by atoms with Crippen molar-refractivity contribution in [1.29, 1.82) is 0 Å². The van der Waals surface area contributed by atoms with Gasteiger partial charge in [0, 0.05) is 18.3 Å². The summed E-state index contributed by atoms with van der Waals surface area (Å²) in [6.45, 7) is 10.0. The van der Waals surface area contributed by atoms with Crippen molar-refractivity contribution in [2.45, 2.75) is 25.7 Å². The fourth-order valence-electron chi connectivity index (χ4n) is 4.86. The quantitative estimate of drug-likeness (QED) is 0.706. The lowest BCUT2D eigenvalue weighted by Crippen LogP contribution is -2.55. The van der Waals surface area contributed by atoms with Crippen LogP contribution in [0, 0.1) is 11.8 Å². The molecule has 3 aliphatic rings. The summed E-state index contributed by atoms with van der Waals surface area (Å²) < 4.78 is 8.11. The lowest BCUT2D eigenvalue weighted by Gasteiger charge is -2.43. The SMILES string of the molecule is C[N+]1(CCC[N+]2(C)C[C@@H]3CC[C@@H](C3)C2)CCOCC1. The van der Waals surface area contributed by atoms with Crippen LogP contribution in [-0.4, -0.2) is 75.5 Å². The third-order valence-corrected chi connectivity index (χ3v) is 5.99. The number of rotatable bonds is 4. The van der Waals surface area contributed by atoms with Crippen molar-refractivity contribution in [3.8, 4) is 0 Å². The predicted molar refractivity (Wildman–Crippen MR) is 77.8 cm³/mol. The van der Waals surface area contributed by atoms with Gasteiger partial charge in [-0.25, -0.2) is 0 Å². The Morgan fingerprint density at radius 1 is 0.895 bits per heavy atom. The average molecular weight is 268 g/mol. The number of hydrogen-bond donors (Lipinski definition) is 0. The summed E-state index contributed by atoms with van der Waals surface area (Å²) in [6.07, 6.45) is 5.97. The standard InChI is InChI=1S/C16H32N2O/c1-17(8-10-19-11-9-17)6-3-7-18(2)13-15-4-5-16(12-15)14-18/h15-16H,3-14H2,1-2H3/q+2/t15-,16+,18?. The van der Waals surface area contributed by atoms with Gasteiger partial charge in [-0.05, 0) is 19.3 Å². The van der Waals surface area contributed by atoms with Crippen molar-refractivity contribution >= 4 is 0 Å². The molecule has 1 unspecified atom stereocenters. The molecule has 3 rings (SSSR count). The molecule has 0 aromatic rings. The van der Waals surface area contributed by atoms with E-state index >= 15 is 0 Å². The Morgan fingerprint density at radius 3 is 2.11 bits per heavy atom. The monoisotopic (exact) mass is 268 g/mol. The highest BCUT2D eigenvalue weighted by atomic mass is 16.5. The molecule has 0 aromatic carbocycles. The Bertz CT molecular complexity index is 300. The molecule has 2 bridgehead atoms. The third-order valence-electron chi connectivity index (χ3n) is 5.99. The summed E-state index contributed by atoms with van der Waals surface area (Å²) in [5, 5.41) is 0. The van der Waals surface area contributed by atoms with Gasteiger partial charge in [0.2, 0.25) is 0 Å². The largest absolute Gasteiger partial charge is 0.370 e. The molecule has 0 spiro atoms. The fraction of sp³-hybridized carbons (Fsp3) is 1.00. The van der Waals surface area contributed by atoms with E-state index in [2.05, 4.69) is 14.1 Å².